The number of ether oxygens (including phenoxy) is 1. The van der Waals surface area contributed by atoms with E-state index in [0.717, 1.165) is 51.3 Å². The smallest absolute Gasteiger partial charge is 0.490 e. The molecule has 7 nitrogen and oxygen atoms in total. The number of amides is 1. The van der Waals surface area contributed by atoms with Gasteiger partial charge in [-0.1, -0.05) is 12.1 Å². The average molecular weight is 500 g/mol. The van der Waals surface area contributed by atoms with Crippen LogP contribution in [0.3, 0.4) is 0 Å². The monoisotopic (exact) mass is 499 g/mol. The molecule has 11 heteroatoms. The lowest BCUT2D eigenvalue weighted by molar-refractivity contribution is -0.192. The van der Waals surface area contributed by atoms with Gasteiger partial charge in [0.05, 0.1) is 12.6 Å². The van der Waals surface area contributed by atoms with Gasteiger partial charge in [0.25, 0.3) is 5.91 Å². The van der Waals surface area contributed by atoms with Crippen LogP contribution >= 0.6 is 11.3 Å². The number of alkyl halides is 3. The van der Waals surface area contributed by atoms with Crippen molar-refractivity contribution in [1.82, 2.24) is 14.8 Å². The molecular formula is C23H28F3N3O4S. The molecule has 1 aromatic carbocycles. The summed E-state index contributed by atoms with van der Waals surface area (Å²) in [6.45, 7) is 5.04. The molecule has 2 fully saturated rings. The fraction of sp³-hybridized carbons (Fsp3) is 0.522. The Morgan fingerprint density at radius 2 is 1.65 bits per heavy atom. The molecule has 1 N–H and O–H groups in total. The van der Waals surface area contributed by atoms with Gasteiger partial charge in [0.15, 0.2) is 0 Å². The second kappa shape index (κ2) is 11.2. The van der Waals surface area contributed by atoms with E-state index in [-0.39, 0.29) is 5.91 Å². The van der Waals surface area contributed by atoms with Gasteiger partial charge in [-0.05, 0) is 61.9 Å². The Labute approximate surface area is 200 Å². The molecule has 34 heavy (non-hydrogen) atoms. The molecule has 0 unspecified atom stereocenters. The van der Waals surface area contributed by atoms with Crippen molar-refractivity contribution in [3.63, 3.8) is 0 Å². The van der Waals surface area contributed by atoms with E-state index < -0.39 is 12.1 Å². The van der Waals surface area contributed by atoms with E-state index in [1.54, 1.807) is 12.6 Å². The second-order valence-corrected chi connectivity index (χ2v) is 9.31. The number of hydrogen-bond acceptors (Lipinski definition) is 6. The number of carboxylic acids is 1. The third-order valence-corrected chi connectivity index (χ3v) is 7.07. The summed E-state index contributed by atoms with van der Waals surface area (Å²) in [6, 6.07) is 8.39. The zero-order chi connectivity index (χ0) is 24.8. The number of aliphatic carboxylic acids is 1. The summed E-state index contributed by atoms with van der Waals surface area (Å²) < 4.78 is 37.0. The molecule has 1 amide bonds. The molecule has 4 rings (SSSR count). The summed E-state index contributed by atoms with van der Waals surface area (Å²) in [7, 11) is 1.70. The minimum Gasteiger partial charge on any atom is -0.497 e. The van der Waals surface area contributed by atoms with E-state index in [1.807, 2.05) is 22.4 Å². The number of rotatable bonds is 4. The van der Waals surface area contributed by atoms with Crippen molar-refractivity contribution in [3.05, 3.63) is 46.4 Å². The number of thiazole rings is 1. The van der Waals surface area contributed by atoms with E-state index in [2.05, 4.69) is 22.0 Å². The topological polar surface area (TPSA) is 83.0 Å². The minimum absolute atomic E-state index is 0.100. The highest BCUT2D eigenvalue weighted by Gasteiger charge is 2.39. The first-order chi connectivity index (χ1) is 16.1. The molecule has 0 aliphatic carbocycles. The van der Waals surface area contributed by atoms with E-state index in [0.29, 0.717) is 11.1 Å². The number of benzene rings is 1. The Bertz CT molecular complexity index is 933. The number of piperidine rings is 2. The van der Waals surface area contributed by atoms with Crippen molar-refractivity contribution in [2.45, 2.75) is 38.4 Å². The number of carbonyl (C=O) groups is 2. The van der Waals surface area contributed by atoms with Crippen molar-refractivity contribution in [1.29, 1.82) is 0 Å². The van der Waals surface area contributed by atoms with Gasteiger partial charge in [0.1, 0.15) is 11.4 Å². The summed E-state index contributed by atoms with van der Waals surface area (Å²) in [5, 5.41) is 8.98. The molecule has 2 aliphatic rings. The Hall–Kier alpha value is -2.66. The van der Waals surface area contributed by atoms with Gasteiger partial charge in [0, 0.05) is 25.0 Å². The maximum absolute atomic E-state index is 12.5. The van der Waals surface area contributed by atoms with Crippen LogP contribution in [-0.2, 0) is 11.3 Å². The van der Waals surface area contributed by atoms with Crippen LogP contribution in [0.5, 0.6) is 5.75 Å². The largest absolute Gasteiger partial charge is 0.497 e. The number of halogens is 3. The molecule has 2 saturated heterocycles. The van der Waals surface area contributed by atoms with Gasteiger partial charge in [-0.15, -0.1) is 11.3 Å². The van der Waals surface area contributed by atoms with Crippen molar-refractivity contribution in [2.24, 2.45) is 5.41 Å². The average Bonchev–Trinajstić information content (AvgIpc) is 3.36. The first kappa shape index (κ1) is 26.0. The minimum atomic E-state index is -5.08. The maximum Gasteiger partial charge on any atom is 0.490 e. The maximum atomic E-state index is 12.5. The number of carboxylic acid groups (broad SMARTS) is 1. The number of methoxy groups -OCH3 is 1. The standard InChI is InChI=1S/C21H27N3O2S.C2HF3O2/c1-26-18-4-2-17(3-5-18)14-23-10-6-21(7-11-23)8-12-24(13-9-21)20(25)19-15-27-16-22-19;3-2(4,5)1(6)7/h2-5,15-16H,6-14H2,1H3;(H,6,7). The number of aromatic nitrogens is 1. The lowest BCUT2D eigenvalue weighted by Crippen LogP contribution is -2.48. The zero-order valence-electron chi connectivity index (χ0n) is 18.9. The van der Waals surface area contributed by atoms with Gasteiger partial charge in [-0.25, -0.2) is 9.78 Å². The van der Waals surface area contributed by atoms with E-state index in [9.17, 15) is 18.0 Å². The van der Waals surface area contributed by atoms with Crippen molar-refractivity contribution in [3.8, 4) is 5.75 Å². The lowest BCUT2D eigenvalue weighted by atomic mass is 9.71. The van der Waals surface area contributed by atoms with Crippen LogP contribution < -0.4 is 4.74 Å². The fourth-order valence-corrected chi connectivity index (χ4v) is 4.86. The van der Waals surface area contributed by atoms with Crippen molar-refractivity contribution < 1.29 is 32.6 Å². The van der Waals surface area contributed by atoms with Crippen LogP contribution in [0.1, 0.15) is 41.7 Å². The van der Waals surface area contributed by atoms with Crippen LogP contribution in [0.2, 0.25) is 0 Å². The zero-order valence-corrected chi connectivity index (χ0v) is 19.7. The third kappa shape index (κ3) is 6.92. The highest BCUT2D eigenvalue weighted by Crippen LogP contribution is 2.41. The second-order valence-electron chi connectivity index (χ2n) is 8.59. The highest BCUT2D eigenvalue weighted by molar-refractivity contribution is 7.07. The molecule has 2 aromatic rings. The van der Waals surface area contributed by atoms with Crippen LogP contribution in [0, 0.1) is 5.41 Å². The van der Waals surface area contributed by atoms with Gasteiger partial charge in [0.2, 0.25) is 0 Å². The van der Waals surface area contributed by atoms with E-state index in [1.165, 1.54) is 29.7 Å². The SMILES string of the molecule is COc1ccc(CN2CCC3(CC2)CCN(C(=O)c2cscn2)CC3)cc1.O=C(O)C(F)(F)F. The Morgan fingerprint density at radius 3 is 2.12 bits per heavy atom. The Kier molecular flexibility index (Phi) is 8.53. The lowest BCUT2D eigenvalue weighted by Gasteiger charge is -2.46. The first-order valence-electron chi connectivity index (χ1n) is 10.9. The molecule has 2 aliphatic heterocycles. The quantitative estimate of drug-likeness (QED) is 0.675. The molecule has 1 spiro atoms. The number of hydrogen-bond donors (Lipinski definition) is 1. The van der Waals surface area contributed by atoms with Crippen LogP contribution in [0.25, 0.3) is 0 Å². The third-order valence-electron chi connectivity index (χ3n) is 6.49. The highest BCUT2D eigenvalue weighted by atomic mass is 32.1. The summed E-state index contributed by atoms with van der Waals surface area (Å²) in [4.78, 5) is 30.1. The molecule has 1 aromatic heterocycles. The van der Waals surface area contributed by atoms with E-state index >= 15 is 0 Å². The fourth-order valence-electron chi connectivity index (χ4n) is 4.34. The summed E-state index contributed by atoms with van der Waals surface area (Å²) >= 11 is 1.49. The summed E-state index contributed by atoms with van der Waals surface area (Å²) in [6.07, 6.45) is -0.359. The van der Waals surface area contributed by atoms with Crippen LogP contribution in [0.15, 0.2) is 35.2 Å². The molecule has 0 saturated carbocycles. The number of likely N-dealkylation sites (tertiary alicyclic amines) is 2. The summed E-state index contributed by atoms with van der Waals surface area (Å²) in [5.74, 6) is -1.74. The molecule has 3 heterocycles. The molecular weight excluding hydrogens is 471 g/mol. The molecule has 0 bridgehead atoms. The Balaban J connectivity index is 0.000000406. The normalized spacial score (nSPS) is 18.2. The summed E-state index contributed by atoms with van der Waals surface area (Å²) in [5.41, 5.74) is 4.10. The predicted octanol–water partition coefficient (Wildman–Crippen LogP) is 4.30. The van der Waals surface area contributed by atoms with E-state index in [4.69, 9.17) is 14.6 Å². The number of carbonyl (C=O) groups excluding carboxylic acids is 1. The van der Waals surface area contributed by atoms with Crippen molar-refractivity contribution >= 4 is 23.2 Å². The van der Waals surface area contributed by atoms with Gasteiger partial charge in [-0.3, -0.25) is 9.69 Å². The van der Waals surface area contributed by atoms with Gasteiger partial charge < -0.3 is 14.7 Å². The van der Waals surface area contributed by atoms with Gasteiger partial charge in [-0.2, -0.15) is 13.2 Å². The van der Waals surface area contributed by atoms with Crippen LogP contribution in [0.4, 0.5) is 13.2 Å². The molecule has 0 radical (unpaired) electrons. The van der Waals surface area contributed by atoms with Gasteiger partial charge >= 0.3 is 12.1 Å². The first-order valence-corrected chi connectivity index (χ1v) is 11.9. The Morgan fingerprint density at radius 1 is 1.09 bits per heavy atom. The van der Waals surface area contributed by atoms with Crippen LogP contribution in [-0.4, -0.2) is 71.2 Å². The molecule has 0 atom stereocenters. The predicted molar refractivity (Wildman–Crippen MR) is 121 cm³/mol. The van der Waals surface area contributed by atoms with Crippen molar-refractivity contribution in [2.75, 3.05) is 33.3 Å². The number of nitrogens with zero attached hydrogens (tertiary/aromatic N) is 3. The molecule has 186 valence electrons.